The maximum atomic E-state index is 6.19. The standard InChI is InChI=1S/C16H15BrClNO2/c17-12-5-6-13(18)14(9-12)19-10-11-3-1-4-15-16(11)21-8-2-7-20-15/h1,3-6,9,19H,2,7-8,10H2. The minimum atomic E-state index is 0.628. The van der Waals surface area contributed by atoms with Crippen molar-refractivity contribution in [1.82, 2.24) is 0 Å². The zero-order valence-corrected chi connectivity index (χ0v) is 13.7. The van der Waals surface area contributed by atoms with Gasteiger partial charge in [0.05, 0.1) is 23.9 Å². The number of ether oxygens (including phenoxy) is 2. The molecule has 0 amide bonds. The Morgan fingerprint density at radius 2 is 2.00 bits per heavy atom. The highest BCUT2D eigenvalue weighted by molar-refractivity contribution is 9.10. The third-order valence-corrected chi connectivity index (χ3v) is 4.07. The van der Waals surface area contributed by atoms with Crippen LogP contribution in [0.2, 0.25) is 5.02 Å². The third kappa shape index (κ3) is 3.44. The van der Waals surface area contributed by atoms with Crippen molar-refractivity contribution in [2.24, 2.45) is 0 Å². The summed E-state index contributed by atoms with van der Waals surface area (Å²) in [5, 5.41) is 4.04. The molecule has 3 nitrogen and oxygen atoms in total. The Balaban J connectivity index is 1.81. The Morgan fingerprint density at radius 3 is 2.90 bits per heavy atom. The van der Waals surface area contributed by atoms with Crippen LogP contribution >= 0.6 is 27.5 Å². The highest BCUT2D eigenvalue weighted by Gasteiger charge is 2.14. The fourth-order valence-corrected chi connectivity index (χ4v) is 2.76. The van der Waals surface area contributed by atoms with Gasteiger partial charge in [0, 0.05) is 23.0 Å². The van der Waals surface area contributed by atoms with Crippen molar-refractivity contribution < 1.29 is 9.47 Å². The molecule has 3 rings (SSSR count). The lowest BCUT2D eigenvalue weighted by Gasteiger charge is -2.14. The number of rotatable bonds is 3. The van der Waals surface area contributed by atoms with E-state index < -0.39 is 0 Å². The Bertz CT molecular complexity index is 648. The number of hydrogen-bond acceptors (Lipinski definition) is 3. The van der Waals surface area contributed by atoms with Crippen LogP contribution in [0, 0.1) is 0 Å². The highest BCUT2D eigenvalue weighted by Crippen LogP contribution is 2.34. The Kier molecular flexibility index (Phi) is 4.56. The Hall–Kier alpha value is -1.39. The number of fused-ring (bicyclic) bond motifs is 1. The van der Waals surface area contributed by atoms with Crippen LogP contribution in [0.4, 0.5) is 5.69 Å². The molecule has 110 valence electrons. The Morgan fingerprint density at radius 1 is 1.14 bits per heavy atom. The second-order valence-electron chi connectivity index (χ2n) is 4.77. The molecule has 2 aromatic carbocycles. The van der Waals surface area contributed by atoms with E-state index >= 15 is 0 Å². The lowest BCUT2D eigenvalue weighted by atomic mass is 10.1. The molecule has 0 saturated carbocycles. The van der Waals surface area contributed by atoms with E-state index in [1.165, 1.54) is 0 Å². The van der Waals surface area contributed by atoms with Crippen molar-refractivity contribution in [1.29, 1.82) is 0 Å². The van der Waals surface area contributed by atoms with Crippen molar-refractivity contribution in [2.75, 3.05) is 18.5 Å². The fourth-order valence-electron chi connectivity index (χ4n) is 2.22. The number of para-hydroxylation sites is 1. The van der Waals surface area contributed by atoms with Crippen LogP contribution in [0.3, 0.4) is 0 Å². The lowest BCUT2D eigenvalue weighted by Crippen LogP contribution is -2.04. The van der Waals surface area contributed by atoms with Gasteiger partial charge in [-0.15, -0.1) is 0 Å². The van der Waals surface area contributed by atoms with Crippen LogP contribution < -0.4 is 14.8 Å². The van der Waals surface area contributed by atoms with Crippen LogP contribution in [-0.2, 0) is 6.54 Å². The van der Waals surface area contributed by atoms with Gasteiger partial charge in [0.25, 0.3) is 0 Å². The largest absolute Gasteiger partial charge is 0.490 e. The molecule has 0 atom stereocenters. The summed E-state index contributed by atoms with van der Waals surface area (Å²) in [5.74, 6) is 1.64. The molecular formula is C16H15BrClNO2. The minimum Gasteiger partial charge on any atom is -0.490 e. The molecule has 1 aliphatic rings. The summed E-state index contributed by atoms with van der Waals surface area (Å²) in [6, 6.07) is 11.7. The summed E-state index contributed by atoms with van der Waals surface area (Å²) in [6.07, 6.45) is 0.902. The van der Waals surface area contributed by atoms with E-state index in [9.17, 15) is 0 Å². The molecular weight excluding hydrogens is 354 g/mol. The van der Waals surface area contributed by atoms with Gasteiger partial charge in [0.15, 0.2) is 11.5 Å². The van der Waals surface area contributed by atoms with Gasteiger partial charge in [-0.3, -0.25) is 0 Å². The number of benzene rings is 2. The summed E-state index contributed by atoms with van der Waals surface area (Å²) in [7, 11) is 0. The smallest absolute Gasteiger partial charge is 0.166 e. The van der Waals surface area contributed by atoms with E-state index in [0.717, 1.165) is 33.6 Å². The number of hydrogen-bond donors (Lipinski definition) is 1. The van der Waals surface area contributed by atoms with Crippen molar-refractivity contribution >= 4 is 33.2 Å². The zero-order chi connectivity index (χ0) is 14.7. The molecule has 0 radical (unpaired) electrons. The van der Waals surface area contributed by atoms with E-state index in [-0.39, 0.29) is 0 Å². The summed E-state index contributed by atoms with van der Waals surface area (Å²) in [4.78, 5) is 0. The predicted octanol–water partition coefficient (Wildman–Crippen LogP) is 4.88. The van der Waals surface area contributed by atoms with Crippen molar-refractivity contribution in [3.05, 3.63) is 51.5 Å². The van der Waals surface area contributed by atoms with Gasteiger partial charge >= 0.3 is 0 Å². The number of nitrogens with one attached hydrogen (secondary N) is 1. The first-order valence-corrected chi connectivity index (χ1v) is 7.97. The summed E-state index contributed by atoms with van der Waals surface area (Å²) in [5.41, 5.74) is 1.95. The average Bonchev–Trinajstić information content (AvgIpc) is 2.74. The molecule has 1 aliphatic heterocycles. The van der Waals surface area contributed by atoms with Gasteiger partial charge in [-0.25, -0.2) is 0 Å². The topological polar surface area (TPSA) is 30.5 Å². The van der Waals surface area contributed by atoms with E-state index in [1.807, 2.05) is 36.4 Å². The molecule has 2 aromatic rings. The van der Waals surface area contributed by atoms with Gasteiger partial charge in [-0.1, -0.05) is 39.7 Å². The maximum absolute atomic E-state index is 6.19. The molecule has 21 heavy (non-hydrogen) atoms. The number of anilines is 1. The van der Waals surface area contributed by atoms with Gasteiger partial charge < -0.3 is 14.8 Å². The number of halogens is 2. The van der Waals surface area contributed by atoms with Gasteiger partial charge in [0.2, 0.25) is 0 Å². The molecule has 0 fully saturated rings. The Labute approximate surface area is 137 Å². The first kappa shape index (κ1) is 14.5. The van der Waals surface area contributed by atoms with Crippen LogP contribution in [0.1, 0.15) is 12.0 Å². The van der Waals surface area contributed by atoms with Crippen molar-refractivity contribution in [3.8, 4) is 11.5 Å². The highest BCUT2D eigenvalue weighted by atomic mass is 79.9. The minimum absolute atomic E-state index is 0.628. The molecule has 1 heterocycles. The molecule has 5 heteroatoms. The molecule has 0 unspecified atom stereocenters. The van der Waals surface area contributed by atoms with Crippen LogP contribution in [0.15, 0.2) is 40.9 Å². The van der Waals surface area contributed by atoms with Crippen molar-refractivity contribution in [2.45, 2.75) is 13.0 Å². The van der Waals surface area contributed by atoms with E-state index in [4.69, 9.17) is 21.1 Å². The van der Waals surface area contributed by atoms with Gasteiger partial charge in [-0.05, 0) is 24.3 Å². The summed E-state index contributed by atoms with van der Waals surface area (Å²) < 4.78 is 12.5. The molecule has 0 bridgehead atoms. The normalized spacial score (nSPS) is 13.6. The average molecular weight is 369 g/mol. The van der Waals surface area contributed by atoms with Crippen molar-refractivity contribution in [3.63, 3.8) is 0 Å². The van der Waals surface area contributed by atoms with Crippen LogP contribution in [0.25, 0.3) is 0 Å². The van der Waals surface area contributed by atoms with E-state index in [0.29, 0.717) is 24.8 Å². The molecule has 0 saturated heterocycles. The first-order valence-electron chi connectivity index (χ1n) is 6.80. The first-order chi connectivity index (χ1) is 10.2. The van der Waals surface area contributed by atoms with Crippen LogP contribution in [0.5, 0.6) is 11.5 Å². The van der Waals surface area contributed by atoms with Gasteiger partial charge in [-0.2, -0.15) is 0 Å². The lowest BCUT2D eigenvalue weighted by molar-refractivity contribution is 0.296. The molecule has 0 aliphatic carbocycles. The maximum Gasteiger partial charge on any atom is 0.166 e. The van der Waals surface area contributed by atoms with Gasteiger partial charge in [0.1, 0.15) is 0 Å². The monoisotopic (exact) mass is 367 g/mol. The fraction of sp³-hybridized carbons (Fsp3) is 0.250. The quantitative estimate of drug-likeness (QED) is 0.838. The van der Waals surface area contributed by atoms with E-state index in [1.54, 1.807) is 0 Å². The molecule has 0 spiro atoms. The predicted molar refractivity (Wildman–Crippen MR) is 88.5 cm³/mol. The molecule has 1 N–H and O–H groups in total. The second kappa shape index (κ2) is 6.58. The summed E-state index contributed by atoms with van der Waals surface area (Å²) >= 11 is 9.64. The summed E-state index contributed by atoms with van der Waals surface area (Å²) in [6.45, 7) is 2.01. The second-order valence-corrected chi connectivity index (χ2v) is 6.10. The van der Waals surface area contributed by atoms with Crippen LogP contribution in [-0.4, -0.2) is 13.2 Å². The zero-order valence-electron chi connectivity index (χ0n) is 11.4. The third-order valence-electron chi connectivity index (χ3n) is 3.25. The molecule has 0 aromatic heterocycles. The SMILES string of the molecule is Clc1ccc(Br)cc1NCc1cccc2c1OCCCO2. The van der Waals surface area contributed by atoms with E-state index in [2.05, 4.69) is 21.2 Å².